The van der Waals surface area contributed by atoms with Crippen LogP contribution in [0.4, 0.5) is 0 Å². The molecule has 0 spiro atoms. The molecule has 1 aromatic heterocycles. The Morgan fingerprint density at radius 1 is 1.12 bits per heavy atom. The van der Waals surface area contributed by atoms with Gasteiger partial charge in [0, 0.05) is 18.9 Å². The number of esters is 1. The summed E-state index contributed by atoms with van der Waals surface area (Å²) in [6.45, 7) is 5.65. The molecule has 0 saturated carbocycles. The molecule has 0 atom stereocenters. The zero-order valence-electron chi connectivity index (χ0n) is 15.1. The van der Waals surface area contributed by atoms with Crippen LogP contribution in [0, 0.1) is 13.8 Å². The predicted octanol–water partition coefficient (Wildman–Crippen LogP) is 4.51. The van der Waals surface area contributed by atoms with Crippen LogP contribution >= 0.6 is 0 Å². The maximum Gasteiger partial charge on any atom is 0.308 e. The van der Waals surface area contributed by atoms with Crippen molar-refractivity contribution >= 4 is 5.97 Å². The van der Waals surface area contributed by atoms with Gasteiger partial charge in [-0.05, 0) is 49.7 Å². The fourth-order valence-corrected chi connectivity index (χ4v) is 2.61. The van der Waals surface area contributed by atoms with E-state index < -0.39 is 0 Å². The molecule has 0 aliphatic carbocycles. The summed E-state index contributed by atoms with van der Waals surface area (Å²) in [5.74, 6) is 2.36. The molecule has 0 fully saturated rings. The van der Waals surface area contributed by atoms with Gasteiger partial charge in [-0.3, -0.25) is 4.79 Å². The number of benzene rings is 2. The third-order valence-electron chi connectivity index (χ3n) is 3.92. The molecular weight excluding hydrogens is 330 g/mol. The average molecular weight is 351 g/mol. The molecule has 2 aromatic carbocycles. The molecule has 26 heavy (non-hydrogen) atoms. The second kappa shape index (κ2) is 7.87. The van der Waals surface area contributed by atoms with Crippen LogP contribution in [0.3, 0.4) is 0 Å². The van der Waals surface area contributed by atoms with Gasteiger partial charge in [0.05, 0.1) is 12.3 Å². The van der Waals surface area contributed by atoms with Crippen molar-refractivity contribution in [2.75, 3.05) is 6.61 Å². The van der Waals surface area contributed by atoms with E-state index in [9.17, 15) is 4.79 Å². The van der Waals surface area contributed by atoms with Gasteiger partial charge in [0.15, 0.2) is 0 Å². The van der Waals surface area contributed by atoms with Gasteiger partial charge in [0.2, 0.25) is 5.89 Å². The highest BCUT2D eigenvalue weighted by Crippen LogP contribution is 2.24. The third kappa shape index (κ3) is 4.30. The SMILES string of the molecule is CC(=O)Oc1ccc(OCCc2nc(-c3ccccc3)oc2C)cc1C. The molecule has 0 amide bonds. The van der Waals surface area contributed by atoms with Gasteiger partial charge in [-0.25, -0.2) is 4.98 Å². The summed E-state index contributed by atoms with van der Waals surface area (Å²) in [5, 5.41) is 0. The minimum atomic E-state index is -0.336. The monoisotopic (exact) mass is 351 g/mol. The Labute approximate surface area is 152 Å². The Morgan fingerprint density at radius 2 is 1.88 bits per heavy atom. The zero-order chi connectivity index (χ0) is 18.5. The lowest BCUT2D eigenvalue weighted by Gasteiger charge is -2.09. The highest BCUT2D eigenvalue weighted by Gasteiger charge is 2.11. The van der Waals surface area contributed by atoms with Crippen molar-refractivity contribution in [3.05, 3.63) is 65.5 Å². The first-order valence-electron chi connectivity index (χ1n) is 8.46. The van der Waals surface area contributed by atoms with Gasteiger partial charge < -0.3 is 13.9 Å². The zero-order valence-corrected chi connectivity index (χ0v) is 15.1. The van der Waals surface area contributed by atoms with Crippen molar-refractivity contribution in [1.82, 2.24) is 4.98 Å². The van der Waals surface area contributed by atoms with E-state index in [1.165, 1.54) is 6.92 Å². The number of hydrogen-bond acceptors (Lipinski definition) is 5. The Hall–Kier alpha value is -3.08. The number of nitrogens with zero attached hydrogens (tertiary/aromatic N) is 1. The highest BCUT2D eigenvalue weighted by atomic mass is 16.5. The van der Waals surface area contributed by atoms with Gasteiger partial charge in [0.25, 0.3) is 0 Å². The molecule has 0 bridgehead atoms. The lowest BCUT2D eigenvalue weighted by molar-refractivity contribution is -0.131. The number of carbonyl (C=O) groups is 1. The van der Waals surface area contributed by atoms with Crippen molar-refractivity contribution in [2.24, 2.45) is 0 Å². The lowest BCUT2D eigenvalue weighted by atomic mass is 10.2. The quantitative estimate of drug-likeness (QED) is 0.483. The van der Waals surface area contributed by atoms with Crippen LogP contribution in [0.5, 0.6) is 11.5 Å². The van der Waals surface area contributed by atoms with Crippen LogP contribution in [0.15, 0.2) is 52.9 Å². The largest absolute Gasteiger partial charge is 0.493 e. The third-order valence-corrected chi connectivity index (χ3v) is 3.92. The van der Waals surface area contributed by atoms with Crippen LogP contribution in [0.25, 0.3) is 11.5 Å². The van der Waals surface area contributed by atoms with Gasteiger partial charge in [0.1, 0.15) is 17.3 Å². The van der Waals surface area contributed by atoms with Crippen molar-refractivity contribution in [3.8, 4) is 23.0 Å². The maximum absolute atomic E-state index is 11.0. The summed E-state index contributed by atoms with van der Waals surface area (Å²) < 4.78 is 16.7. The second-order valence-electron chi connectivity index (χ2n) is 6.01. The van der Waals surface area contributed by atoms with Gasteiger partial charge in [-0.15, -0.1) is 0 Å². The van der Waals surface area contributed by atoms with E-state index in [4.69, 9.17) is 13.9 Å². The molecule has 0 aliphatic heterocycles. The van der Waals surface area contributed by atoms with E-state index in [2.05, 4.69) is 4.98 Å². The molecule has 3 aromatic rings. The summed E-state index contributed by atoms with van der Waals surface area (Å²) in [4.78, 5) is 15.6. The normalized spacial score (nSPS) is 10.6. The van der Waals surface area contributed by atoms with Crippen LogP contribution in [0.1, 0.15) is 23.9 Å². The Morgan fingerprint density at radius 3 is 2.58 bits per heavy atom. The van der Waals surface area contributed by atoms with Crippen LogP contribution in [-0.4, -0.2) is 17.6 Å². The topological polar surface area (TPSA) is 61.6 Å². The number of oxazole rings is 1. The van der Waals surface area contributed by atoms with Crippen molar-refractivity contribution in [1.29, 1.82) is 0 Å². The van der Waals surface area contributed by atoms with E-state index in [1.54, 1.807) is 12.1 Å². The summed E-state index contributed by atoms with van der Waals surface area (Å²) in [7, 11) is 0. The number of carbonyl (C=O) groups excluding carboxylic acids is 1. The minimum Gasteiger partial charge on any atom is -0.493 e. The first-order valence-corrected chi connectivity index (χ1v) is 8.46. The van der Waals surface area contributed by atoms with E-state index >= 15 is 0 Å². The number of hydrogen-bond donors (Lipinski definition) is 0. The van der Waals surface area contributed by atoms with Gasteiger partial charge >= 0.3 is 5.97 Å². The molecule has 5 nitrogen and oxygen atoms in total. The van der Waals surface area contributed by atoms with Crippen molar-refractivity contribution in [2.45, 2.75) is 27.2 Å². The molecule has 0 aliphatic rings. The number of aryl methyl sites for hydroxylation is 2. The number of rotatable bonds is 6. The summed E-state index contributed by atoms with van der Waals surface area (Å²) in [6.07, 6.45) is 0.646. The molecule has 5 heteroatoms. The molecule has 3 rings (SSSR count). The smallest absolute Gasteiger partial charge is 0.308 e. The van der Waals surface area contributed by atoms with Crippen molar-refractivity contribution < 1.29 is 18.7 Å². The molecule has 134 valence electrons. The Kier molecular flexibility index (Phi) is 5.37. The number of ether oxygens (including phenoxy) is 2. The summed E-state index contributed by atoms with van der Waals surface area (Å²) >= 11 is 0. The van der Waals surface area contributed by atoms with Crippen LogP contribution in [-0.2, 0) is 11.2 Å². The van der Waals surface area contributed by atoms with E-state index in [-0.39, 0.29) is 5.97 Å². The highest BCUT2D eigenvalue weighted by molar-refractivity contribution is 5.69. The molecule has 0 N–H and O–H groups in total. The van der Waals surface area contributed by atoms with Crippen LogP contribution in [0.2, 0.25) is 0 Å². The Bertz CT molecular complexity index is 900. The molecular formula is C21H21NO4. The summed E-state index contributed by atoms with van der Waals surface area (Å²) in [6, 6.07) is 15.2. The Balaban J connectivity index is 1.61. The van der Waals surface area contributed by atoms with Gasteiger partial charge in [-0.1, -0.05) is 18.2 Å². The molecule has 0 radical (unpaired) electrons. The minimum absolute atomic E-state index is 0.336. The molecule has 1 heterocycles. The van der Waals surface area contributed by atoms with Crippen LogP contribution < -0.4 is 9.47 Å². The van der Waals surface area contributed by atoms with Gasteiger partial charge in [-0.2, -0.15) is 0 Å². The maximum atomic E-state index is 11.0. The first-order chi connectivity index (χ1) is 12.5. The standard InChI is InChI=1S/C21H21NO4/c1-14-13-18(9-10-20(14)26-16(3)23)24-12-11-19-15(2)25-21(22-19)17-7-5-4-6-8-17/h4-10,13H,11-12H2,1-3H3. The fourth-order valence-electron chi connectivity index (χ4n) is 2.61. The predicted molar refractivity (Wildman–Crippen MR) is 98.4 cm³/mol. The second-order valence-corrected chi connectivity index (χ2v) is 6.01. The van der Waals surface area contributed by atoms with Crippen molar-refractivity contribution in [3.63, 3.8) is 0 Å². The lowest BCUT2D eigenvalue weighted by Crippen LogP contribution is -2.05. The molecule has 0 unspecified atom stereocenters. The van der Waals surface area contributed by atoms with E-state index in [0.717, 1.165) is 28.3 Å². The first kappa shape index (κ1) is 17.7. The molecule has 0 saturated heterocycles. The van der Waals surface area contributed by atoms with E-state index in [1.807, 2.05) is 50.2 Å². The average Bonchev–Trinajstić information content (AvgIpc) is 2.99. The fraction of sp³-hybridized carbons (Fsp3) is 0.238. The summed E-state index contributed by atoms with van der Waals surface area (Å²) in [5.41, 5.74) is 2.69. The number of aromatic nitrogens is 1. The van der Waals surface area contributed by atoms with E-state index in [0.29, 0.717) is 24.7 Å².